The molecule has 0 saturated heterocycles. The van der Waals surface area contributed by atoms with Gasteiger partial charge in [-0.3, -0.25) is 4.79 Å². The van der Waals surface area contributed by atoms with Crippen LogP contribution in [0.15, 0.2) is 42.0 Å². The van der Waals surface area contributed by atoms with E-state index in [9.17, 15) is 4.79 Å². The summed E-state index contributed by atoms with van der Waals surface area (Å²) in [4.78, 5) is 11.2. The van der Waals surface area contributed by atoms with Crippen LogP contribution in [-0.2, 0) is 11.4 Å². The van der Waals surface area contributed by atoms with Gasteiger partial charge in [-0.1, -0.05) is 35.4 Å². The van der Waals surface area contributed by atoms with Crippen molar-refractivity contribution < 1.29 is 14.3 Å². The van der Waals surface area contributed by atoms with Crippen LogP contribution in [0, 0.1) is 25.2 Å². The number of aryl methyl sites for hydroxylation is 2. The van der Waals surface area contributed by atoms with Gasteiger partial charge in [-0.2, -0.15) is 5.26 Å². The molecular weight excluding hydrogens is 328 g/mol. The van der Waals surface area contributed by atoms with Crippen molar-refractivity contribution in [2.75, 3.05) is 6.61 Å². The van der Waals surface area contributed by atoms with Crippen LogP contribution in [0.2, 0.25) is 0 Å². The lowest BCUT2D eigenvalue weighted by atomic mass is 10.1. The third kappa shape index (κ3) is 5.12. The Morgan fingerprint density at radius 3 is 2.38 bits per heavy atom. The molecule has 0 atom stereocenters. The van der Waals surface area contributed by atoms with Crippen molar-refractivity contribution >= 4 is 12.0 Å². The topological polar surface area (TPSA) is 85.3 Å². The van der Waals surface area contributed by atoms with Crippen molar-refractivity contribution in [3.05, 3.63) is 64.2 Å². The largest absolute Gasteiger partial charge is 0.490 e. The minimum absolute atomic E-state index is 0.114. The Bertz CT molecular complexity index is 859. The average Bonchev–Trinajstić information content (AvgIpc) is 2.58. The number of ether oxygens (including phenoxy) is 2. The first-order valence-electron chi connectivity index (χ1n) is 8.31. The first-order chi connectivity index (χ1) is 12.4. The van der Waals surface area contributed by atoms with Gasteiger partial charge in [0.1, 0.15) is 18.2 Å². The number of benzene rings is 2. The zero-order chi connectivity index (χ0) is 19.1. The summed E-state index contributed by atoms with van der Waals surface area (Å²) in [5, 5.41) is 8.97. The molecule has 0 radical (unpaired) electrons. The van der Waals surface area contributed by atoms with Gasteiger partial charge in [-0.15, -0.1) is 0 Å². The molecule has 0 spiro atoms. The van der Waals surface area contributed by atoms with E-state index in [1.54, 1.807) is 24.3 Å². The SMILES string of the molecule is CCOc1cc(/C=C(\C#N)C(N)=O)ccc1OCc1cc(C)cc(C)c1. The van der Waals surface area contributed by atoms with Crippen molar-refractivity contribution in [2.24, 2.45) is 5.73 Å². The molecule has 5 nitrogen and oxygen atoms in total. The fraction of sp³-hybridized carbons (Fsp3) is 0.238. The number of nitrogens with zero attached hydrogens (tertiary/aromatic N) is 1. The number of carbonyl (C=O) groups is 1. The third-order valence-corrected chi connectivity index (χ3v) is 3.64. The van der Waals surface area contributed by atoms with Gasteiger partial charge >= 0.3 is 0 Å². The Kier molecular flexibility index (Phi) is 6.40. The summed E-state index contributed by atoms with van der Waals surface area (Å²) in [5.74, 6) is 0.383. The summed E-state index contributed by atoms with van der Waals surface area (Å²) in [5.41, 5.74) is 9.15. The lowest BCUT2D eigenvalue weighted by molar-refractivity contribution is -0.114. The van der Waals surface area contributed by atoms with Crippen LogP contribution in [-0.4, -0.2) is 12.5 Å². The second-order valence-corrected chi connectivity index (χ2v) is 5.96. The highest BCUT2D eigenvalue weighted by Crippen LogP contribution is 2.30. The number of primary amides is 1. The van der Waals surface area contributed by atoms with Crippen LogP contribution in [0.3, 0.4) is 0 Å². The predicted molar refractivity (Wildman–Crippen MR) is 101 cm³/mol. The molecule has 0 unspecified atom stereocenters. The van der Waals surface area contributed by atoms with Crippen LogP contribution >= 0.6 is 0 Å². The molecule has 0 aliphatic rings. The normalized spacial score (nSPS) is 10.9. The zero-order valence-corrected chi connectivity index (χ0v) is 15.2. The molecule has 26 heavy (non-hydrogen) atoms. The number of nitrogens with two attached hydrogens (primary N) is 1. The molecule has 0 aliphatic heterocycles. The zero-order valence-electron chi connectivity index (χ0n) is 15.2. The van der Waals surface area contributed by atoms with Crippen molar-refractivity contribution in [3.8, 4) is 17.6 Å². The molecule has 0 saturated carbocycles. The lowest BCUT2D eigenvalue weighted by Gasteiger charge is -2.13. The second kappa shape index (κ2) is 8.72. The maximum absolute atomic E-state index is 11.2. The van der Waals surface area contributed by atoms with Gasteiger partial charge in [-0.25, -0.2) is 0 Å². The maximum Gasteiger partial charge on any atom is 0.259 e. The van der Waals surface area contributed by atoms with E-state index in [4.69, 9.17) is 20.5 Å². The molecular formula is C21H22N2O3. The minimum Gasteiger partial charge on any atom is -0.490 e. The number of hydrogen-bond donors (Lipinski definition) is 1. The van der Waals surface area contributed by atoms with Gasteiger partial charge < -0.3 is 15.2 Å². The van der Waals surface area contributed by atoms with E-state index in [0.717, 1.165) is 5.56 Å². The fourth-order valence-corrected chi connectivity index (χ4v) is 2.64. The monoisotopic (exact) mass is 350 g/mol. The van der Waals surface area contributed by atoms with Gasteiger partial charge in [0.25, 0.3) is 5.91 Å². The molecule has 2 rings (SSSR count). The molecule has 2 aromatic rings. The minimum atomic E-state index is -0.763. The van der Waals surface area contributed by atoms with Gasteiger partial charge in [0.05, 0.1) is 6.61 Å². The molecule has 0 heterocycles. The Morgan fingerprint density at radius 1 is 1.12 bits per heavy atom. The van der Waals surface area contributed by atoms with E-state index in [0.29, 0.717) is 30.3 Å². The number of carbonyl (C=O) groups excluding carboxylic acids is 1. The van der Waals surface area contributed by atoms with E-state index in [1.165, 1.54) is 17.2 Å². The van der Waals surface area contributed by atoms with Crippen LogP contribution in [0.1, 0.15) is 29.2 Å². The molecule has 2 aromatic carbocycles. The number of nitriles is 1. The van der Waals surface area contributed by atoms with Crippen LogP contribution in [0.4, 0.5) is 0 Å². The summed E-state index contributed by atoms with van der Waals surface area (Å²) in [6.45, 7) is 6.86. The highest BCUT2D eigenvalue weighted by molar-refractivity contribution is 6.00. The summed E-state index contributed by atoms with van der Waals surface area (Å²) >= 11 is 0. The van der Waals surface area contributed by atoms with E-state index < -0.39 is 5.91 Å². The van der Waals surface area contributed by atoms with Crippen LogP contribution in [0.25, 0.3) is 6.08 Å². The Balaban J connectivity index is 2.25. The van der Waals surface area contributed by atoms with Crippen LogP contribution in [0.5, 0.6) is 11.5 Å². The molecule has 5 heteroatoms. The maximum atomic E-state index is 11.2. The fourth-order valence-electron chi connectivity index (χ4n) is 2.64. The molecule has 0 aromatic heterocycles. The molecule has 134 valence electrons. The Labute approximate surface area is 153 Å². The number of amides is 1. The van der Waals surface area contributed by atoms with E-state index in [-0.39, 0.29) is 5.57 Å². The standard InChI is InChI=1S/C21H22N2O3/c1-4-25-20-11-16(10-18(12-22)21(23)24)5-6-19(20)26-13-17-8-14(2)7-15(3)9-17/h5-11H,4,13H2,1-3H3,(H2,23,24)/b18-10+. The van der Waals surface area contributed by atoms with Gasteiger partial charge in [-0.05, 0) is 50.1 Å². The van der Waals surface area contributed by atoms with Crippen LogP contribution < -0.4 is 15.2 Å². The van der Waals surface area contributed by atoms with Crippen molar-refractivity contribution in [1.29, 1.82) is 5.26 Å². The summed E-state index contributed by atoms with van der Waals surface area (Å²) in [7, 11) is 0. The third-order valence-electron chi connectivity index (χ3n) is 3.64. The molecule has 0 fully saturated rings. The smallest absolute Gasteiger partial charge is 0.259 e. The van der Waals surface area contributed by atoms with Gasteiger partial charge in [0, 0.05) is 0 Å². The lowest BCUT2D eigenvalue weighted by Crippen LogP contribution is -2.12. The Hall–Kier alpha value is -3.26. The van der Waals surface area contributed by atoms with E-state index in [2.05, 4.69) is 32.0 Å². The van der Waals surface area contributed by atoms with E-state index >= 15 is 0 Å². The van der Waals surface area contributed by atoms with Gasteiger partial charge in [0.15, 0.2) is 11.5 Å². The van der Waals surface area contributed by atoms with Crippen molar-refractivity contribution in [2.45, 2.75) is 27.4 Å². The van der Waals surface area contributed by atoms with Gasteiger partial charge in [0.2, 0.25) is 0 Å². The molecule has 0 aliphatic carbocycles. The molecule has 0 bridgehead atoms. The van der Waals surface area contributed by atoms with Crippen molar-refractivity contribution in [1.82, 2.24) is 0 Å². The number of rotatable bonds is 7. The first-order valence-corrected chi connectivity index (χ1v) is 8.31. The quantitative estimate of drug-likeness (QED) is 0.610. The molecule has 1 amide bonds. The second-order valence-electron chi connectivity index (χ2n) is 5.96. The summed E-state index contributed by atoms with van der Waals surface area (Å²) in [6, 6.07) is 13.3. The van der Waals surface area contributed by atoms with E-state index in [1.807, 2.05) is 6.92 Å². The molecule has 2 N–H and O–H groups in total. The predicted octanol–water partition coefficient (Wildman–Crippen LogP) is 3.67. The van der Waals surface area contributed by atoms with Crippen molar-refractivity contribution in [3.63, 3.8) is 0 Å². The Morgan fingerprint density at radius 2 is 1.81 bits per heavy atom. The summed E-state index contributed by atoms with van der Waals surface area (Å²) in [6.07, 6.45) is 1.43. The highest BCUT2D eigenvalue weighted by atomic mass is 16.5. The first kappa shape index (κ1) is 19.1. The highest BCUT2D eigenvalue weighted by Gasteiger charge is 2.09. The summed E-state index contributed by atoms with van der Waals surface area (Å²) < 4.78 is 11.6. The number of hydrogen-bond acceptors (Lipinski definition) is 4. The average molecular weight is 350 g/mol.